The maximum Gasteiger partial charge on any atom is 0.345 e. The molecule has 2 aromatic rings. The molecule has 126 valence electrons. The fraction of sp³-hybridized carbons (Fsp3) is 0.250. The number of nitrogens with zero attached hydrogens (tertiary/aromatic N) is 2. The van der Waals surface area contributed by atoms with Gasteiger partial charge in [0, 0.05) is 11.3 Å². The molecule has 0 aliphatic heterocycles. The molecule has 24 heavy (non-hydrogen) atoms. The van der Waals surface area contributed by atoms with Crippen LogP contribution in [0.4, 0.5) is 0 Å². The van der Waals surface area contributed by atoms with Crippen LogP contribution < -0.4 is 20.6 Å². The fourth-order valence-electron chi connectivity index (χ4n) is 2.01. The Balaban J connectivity index is 2.16. The molecule has 0 radical (unpaired) electrons. The van der Waals surface area contributed by atoms with Crippen molar-refractivity contribution in [1.82, 2.24) is 15.4 Å². The molecule has 8 nitrogen and oxygen atoms in total. The van der Waals surface area contributed by atoms with Crippen LogP contribution in [0.15, 0.2) is 34.2 Å². The number of aromatic amines is 1. The lowest BCUT2D eigenvalue weighted by Gasteiger charge is -2.11. The van der Waals surface area contributed by atoms with E-state index in [4.69, 9.17) is 9.47 Å². The number of benzene rings is 1. The Morgan fingerprint density at radius 2 is 2.25 bits per heavy atom. The summed E-state index contributed by atoms with van der Waals surface area (Å²) in [7, 11) is 1.54. The molecular weight excluding hydrogens is 312 g/mol. The van der Waals surface area contributed by atoms with Crippen LogP contribution in [0.25, 0.3) is 0 Å². The first-order valence-corrected chi connectivity index (χ1v) is 7.26. The molecule has 0 aliphatic carbocycles. The molecule has 8 heteroatoms. The van der Waals surface area contributed by atoms with Crippen molar-refractivity contribution in [2.24, 2.45) is 5.10 Å². The van der Waals surface area contributed by atoms with E-state index in [9.17, 15) is 9.59 Å². The van der Waals surface area contributed by atoms with E-state index in [-0.39, 0.29) is 5.69 Å². The van der Waals surface area contributed by atoms with E-state index in [1.165, 1.54) is 12.3 Å². The average Bonchev–Trinajstić information content (AvgIpc) is 2.55. The summed E-state index contributed by atoms with van der Waals surface area (Å²) in [6.45, 7) is 3.98. The minimum atomic E-state index is -0.587. The second kappa shape index (κ2) is 7.91. The number of hydrogen-bond acceptors (Lipinski definition) is 6. The van der Waals surface area contributed by atoms with Crippen molar-refractivity contribution >= 4 is 12.1 Å². The summed E-state index contributed by atoms with van der Waals surface area (Å²) in [5, 5.41) is 3.88. The van der Waals surface area contributed by atoms with Crippen LogP contribution in [-0.2, 0) is 0 Å². The monoisotopic (exact) mass is 330 g/mol. The number of carbonyl (C=O) groups excluding carboxylic acids is 1. The highest BCUT2D eigenvalue weighted by molar-refractivity contribution is 5.93. The Bertz CT molecular complexity index is 814. The SMILES string of the molecule is CCOc1c(/C=N/NC(=O)c2cc(C)[nH]c(=O)n2)cccc1OC. The van der Waals surface area contributed by atoms with Crippen molar-refractivity contribution in [2.45, 2.75) is 13.8 Å². The lowest BCUT2D eigenvalue weighted by atomic mass is 10.2. The van der Waals surface area contributed by atoms with Crippen molar-refractivity contribution in [3.05, 3.63) is 51.7 Å². The summed E-state index contributed by atoms with van der Waals surface area (Å²) in [6.07, 6.45) is 1.44. The number of methoxy groups -OCH3 is 1. The van der Waals surface area contributed by atoms with E-state index in [0.29, 0.717) is 29.4 Å². The van der Waals surface area contributed by atoms with Crippen molar-refractivity contribution in [3.63, 3.8) is 0 Å². The van der Waals surface area contributed by atoms with Gasteiger partial charge < -0.3 is 14.5 Å². The largest absolute Gasteiger partial charge is 0.493 e. The number of rotatable bonds is 6. The number of hydrazone groups is 1. The third kappa shape index (κ3) is 4.19. The molecule has 0 bridgehead atoms. The summed E-state index contributed by atoms with van der Waals surface area (Å²) in [4.78, 5) is 29.3. The third-order valence-corrected chi connectivity index (χ3v) is 3.00. The van der Waals surface area contributed by atoms with Gasteiger partial charge in [-0.25, -0.2) is 10.2 Å². The number of aryl methyl sites for hydroxylation is 1. The second-order valence-electron chi connectivity index (χ2n) is 4.77. The van der Waals surface area contributed by atoms with Crippen molar-refractivity contribution in [1.29, 1.82) is 0 Å². The van der Waals surface area contributed by atoms with Gasteiger partial charge in [0.05, 0.1) is 19.9 Å². The quantitative estimate of drug-likeness (QED) is 0.612. The van der Waals surface area contributed by atoms with E-state index in [1.807, 2.05) is 6.92 Å². The number of ether oxygens (including phenoxy) is 2. The van der Waals surface area contributed by atoms with Gasteiger partial charge in [-0.05, 0) is 32.0 Å². The lowest BCUT2D eigenvalue weighted by molar-refractivity contribution is 0.0949. The van der Waals surface area contributed by atoms with Gasteiger partial charge >= 0.3 is 5.69 Å². The Morgan fingerprint density at radius 3 is 2.92 bits per heavy atom. The molecule has 1 amide bonds. The van der Waals surface area contributed by atoms with Crippen LogP contribution in [0.2, 0.25) is 0 Å². The smallest absolute Gasteiger partial charge is 0.345 e. The molecule has 1 aromatic heterocycles. The summed E-state index contributed by atoms with van der Waals surface area (Å²) in [6, 6.07) is 6.79. The number of nitrogens with one attached hydrogen (secondary N) is 2. The van der Waals surface area contributed by atoms with E-state index < -0.39 is 11.6 Å². The van der Waals surface area contributed by atoms with Crippen molar-refractivity contribution < 1.29 is 14.3 Å². The second-order valence-corrected chi connectivity index (χ2v) is 4.77. The Labute approximate surface area is 138 Å². The topological polar surface area (TPSA) is 106 Å². The van der Waals surface area contributed by atoms with Crippen LogP contribution in [0.5, 0.6) is 11.5 Å². The first-order chi connectivity index (χ1) is 11.5. The minimum Gasteiger partial charge on any atom is -0.493 e. The molecule has 0 fully saturated rings. The zero-order valence-corrected chi connectivity index (χ0v) is 13.6. The van der Waals surface area contributed by atoms with Gasteiger partial charge in [-0.3, -0.25) is 4.79 Å². The summed E-state index contributed by atoms with van der Waals surface area (Å²) < 4.78 is 10.8. The van der Waals surface area contributed by atoms with Crippen LogP contribution in [0, 0.1) is 6.92 Å². The van der Waals surface area contributed by atoms with E-state index in [0.717, 1.165) is 0 Å². The highest BCUT2D eigenvalue weighted by Crippen LogP contribution is 2.29. The normalized spacial score (nSPS) is 10.6. The Morgan fingerprint density at radius 1 is 1.46 bits per heavy atom. The van der Waals surface area contributed by atoms with Gasteiger partial charge in [-0.2, -0.15) is 10.1 Å². The van der Waals surface area contributed by atoms with Gasteiger partial charge in [0.1, 0.15) is 5.69 Å². The number of para-hydroxylation sites is 1. The molecule has 2 N–H and O–H groups in total. The standard InChI is InChI=1S/C16H18N4O4/c1-4-24-14-11(6-5-7-13(14)23-3)9-17-20-15(21)12-8-10(2)18-16(22)19-12/h5-9H,4H2,1-3H3,(H,20,21)(H,18,19,22)/b17-9+. The van der Waals surface area contributed by atoms with Gasteiger partial charge in [0.25, 0.3) is 5.91 Å². The Hall–Kier alpha value is -3.16. The van der Waals surface area contributed by atoms with Gasteiger partial charge in [0.2, 0.25) is 0 Å². The molecular formula is C16H18N4O4. The molecule has 0 saturated carbocycles. The van der Waals surface area contributed by atoms with E-state index in [2.05, 4.69) is 20.5 Å². The summed E-state index contributed by atoms with van der Waals surface area (Å²) in [5.41, 5.74) is 2.91. The molecule has 0 saturated heterocycles. The van der Waals surface area contributed by atoms with E-state index in [1.54, 1.807) is 32.2 Å². The number of hydrogen-bond donors (Lipinski definition) is 2. The van der Waals surface area contributed by atoms with Crippen molar-refractivity contribution in [3.8, 4) is 11.5 Å². The van der Waals surface area contributed by atoms with Gasteiger partial charge in [-0.15, -0.1) is 0 Å². The minimum absolute atomic E-state index is 0.0101. The van der Waals surface area contributed by atoms with Crippen LogP contribution in [0.1, 0.15) is 28.7 Å². The Kier molecular flexibility index (Phi) is 5.67. The zero-order chi connectivity index (χ0) is 17.5. The lowest BCUT2D eigenvalue weighted by Crippen LogP contribution is -2.24. The fourth-order valence-corrected chi connectivity index (χ4v) is 2.01. The number of carbonyl (C=O) groups is 1. The van der Waals surface area contributed by atoms with Crippen LogP contribution in [0.3, 0.4) is 0 Å². The molecule has 1 aromatic carbocycles. The third-order valence-electron chi connectivity index (χ3n) is 3.00. The number of H-pyrrole nitrogens is 1. The zero-order valence-electron chi connectivity index (χ0n) is 13.6. The predicted octanol–water partition coefficient (Wildman–Crippen LogP) is 1.25. The van der Waals surface area contributed by atoms with Crippen LogP contribution in [-0.4, -0.2) is 35.8 Å². The highest BCUT2D eigenvalue weighted by Gasteiger charge is 2.10. The molecule has 2 rings (SSSR count). The predicted molar refractivity (Wildman–Crippen MR) is 88.8 cm³/mol. The maximum atomic E-state index is 12.0. The molecule has 0 spiro atoms. The van der Waals surface area contributed by atoms with Crippen LogP contribution >= 0.6 is 0 Å². The highest BCUT2D eigenvalue weighted by atomic mass is 16.5. The molecule has 0 aliphatic rings. The van der Waals surface area contributed by atoms with Gasteiger partial charge in [-0.1, -0.05) is 6.07 Å². The summed E-state index contributed by atoms with van der Waals surface area (Å²) in [5.74, 6) is 0.519. The first-order valence-electron chi connectivity index (χ1n) is 7.26. The maximum absolute atomic E-state index is 12.0. The number of amides is 1. The van der Waals surface area contributed by atoms with Gasteiger partial charge in [0.15, 0.2) is 11.5 Å². The van der Waals surface area contributed by atoms with Crippen molar-refractivity contribution in [2.75, 3.05) is 13.7 Å². The summed E-state index contributed by atoms with van der Waals surface area (Å²) >= 11 is 0. The molecule has 1 heterocycles. The first kappa shape index (κ1) is 17.2. The average molecular weight is 330 g/mol. The molecule has 0 unspecified atom stereocenters. The number of aromatic nitrogens is 2. The van der Waals surface area contributed by atoms with E-state index >= 15 is 0 Å². The molecule has 0 atom stereocenters.